The minimum atomic E-state index is -0.333. The molecule has 0 amide bonds. The van der Waals surface area contributed by atoms with Crippen molar-refractivity contribution in [2.24, 2.45) is 5.92 Å². The van der Waals surface area contributed by atoms with Crippen molar-refractivity contribution in [2.75, 3.05) is 13.1 Å². The Morgan fingerprint density at radius 2 is 2.10 bits per heavy atom. The molecular formula is C17H33N3. The summed E-state index contributed by atoms with van der Waals surface area (Å²) < 4.78 is 0. The molecule has 0 aromatic rings. The van der Waals surface area contributed by atoms with Gasteiger partial charge >= 0.3 is 0 Å². The van der Waals surface area contributed by atoms with Crippen molar-refractivity contribution in [1.82, 2.24) is 10.2 Å². The van der Waals surface area contributed by atoms with E-state index in [1.54, 1.807) is 0 Å². The van der Waals surface area contributed by atoms with E-state index < -0.39 is 0 Å². The Morgan fingerprint density at radius 1 is 1.40 bits per heavy atom. The zero-order valence-corrected chi connectivity index (χ0v) is 14.1. The lowest BCUT2D eigenvalue weighted by molar-refractivity contribution is 0.124. The van der Waals surface area contributed by atoms with Gasteiger partial charge in [0.05, 0.1) is 6.07 Å². The molecule has 1 N–H and O–H groups in total. The maximum atomic E-state index is 9.52. The molecule has 1 aliphatic heterocycles. The van der Waals surface area contributed by atoms with Crippen LogP contribution in [0.3, 0.4) is 0 Å². The Morgan fingerprint density at radius 3 is 2.60 bits per heavy atom. The molecule has 116 valence electrons. The highest BCUT2D eigenvalue weighted by Gasteiger charge is 2.29. The lowest BCUT2D eigenvalue weighted by atomic mass is 9.89. The summed E-state index contributed by atoms with van der Waals surface area (Å²) in [5.41, 5.74) is -0.333. The highest BCUT2D eigenvalue weighted by molar-refractivity contribution is 5.06. The number of nitrogens with zero attached hydrogens (tertiary/aromatic N) is 2. The molecule has 3 heteroatoms. The van der Waals surface area contributed by atoms with Crippen LogP contribution in [-0.4, -0.2) is 35.6 Å². The van der Waals surface area contributed by atoms with E-state index >= 15 is 0 Å². The second-order valence-corrected chi connectivity index (χ2v) is 6.96. The molecular weight excluding hydrogens is 246 g/mol. The van der Waals surface area contributed by atoms with Crippen molar-refractivity contribution in [1.29, 1.82) is 5.26 Å². The Balaban J connectivity index is 2.43. The number of hydrogen-bond donors (Lipinski definition) is 1. The highest BCUT2D eigenvalue weighted by atomic mass is 15.2. The number of hydrogen-bond acceptors (Lipinski definition) is 3. The van der Waals surface area contributed by atoms with Crippen LogP contribution in [0.25, 0.3) is 0 Å². The maximum absolute atomic E-state index is 9.52. The van der Waals surface area contributed by atoms with E-state index in [2.05, 4.69) is 50.9 Å². The van der Waals surface area contributed by atoms with Crippen molar-refractivity contribution in [3.05, 3.63) is 0 Å². The third-order valence-electron chi connectivity index (χ3n) is 4.71. The first kappa shape index (κ1) is 17.5. The molecule has 1 fully saturated rings. The lowest BCUT2D eigenvalue weighted by Gasteiger charge is -2.37. The summed E-state index contributed by atoms with van der Waals surface area (Å²) in [6.07, 6.45) is 5.60. The molecule has 0 radical (unpaired) electrons. The zero-order chi connectivity index (χ0) is 15.2. The number of nitriles is 1. The van der Waals surface area contributed by atoms with E-state index in [4.69, 9.17) is 0 Å². The molecule has 0 spiro atoms. The van der Waals surface area contributed by atoms with E-state index in [9.17, 15) is 5.26 Å². The molecule has 3 unspecified atom stereocenters. The van der Waals surface area contributed by atoms with E-state index in [1.807, 2.05) is 0 Å². The fourth-order valence-corrected chi connectivity index (χ4v) is 3.44. The second-order valence-electron chi connectivity index (χ2n) is 6.96. The molecule has 3 nitrogen and oxygen atoms in total. The average Bonchev–Trinajstić information content (AvgIpc) is 2.39. The van der Waals surface area contributed by atoms with Crippen LogP contribution < -0.4 is 5.32 Å². The van der Waals surface area contributed by atoms with Crippen LogP contribution in [0.15, 0.2) is 0 Å². The molecule has 1 heterocycles. The van der Waals surface area contributed by atoms with Gasteiger partial charge in [0.15, 0.2) is 0 Å². The molecule has 0 bridgehead atoms. The fourth-order valence-electron chi connectivity index (χ4n) is 3.44. The van der Waals surface area contributed by atoms with Gasteiger partial charge in [-0.25, -0.2) is 0 Å². The smallest absolute Gasteiger partial charge is 0.106 e. The van der Waals surface area contributed by atoms with Crippen LogP contribution in [0, 0.1) is 17.2 Å². The van der Waals surface area contributed by atoms with E-state index in [1.165, 1.54) is 19.4 Å². The Labute approximate surface area is 125 Å². The predicted molar refractivity (Wildman–Crippen MR) is 85.6 cm³/mol. The molecule has 1 rings (SSSR count). The largest absolute Gasteiger partial charge is 0.301 e. The second kappa shape index (κ2) is 8.00. The van der Waals surface area contributed by atoms with Crippen LogP contribution in [0.4, 0.5) is 0 Å². The summed E-state index contributed by atoms with van der Waals surface area (Å²) in [4.78, 5) is 2.60. The van der Waals surface area contributed by atoms with Gasteiger partial charge in [-0.1, -0.05) is 13.8 Å². The van der Waals surface area contributed by atoms with Gasteiger partial charge in [0.25, 0.3) is 0 Å². The molecule has 0 aliphatic carbocycles. The van der Waals surface area contributed by atoms with Crippen LogP contribution in [0.1, 0.15) is 66.7 Å². The van der Waals surface area contributed by atoms with Crippen LogP contribution in [0.2, 0.25) is 0 Å². The Kier molecular flexibility index (Phi) is 6.99. The summed E-state index contributed by atoms with van der Waals surface area (Å²) in [5, 5.41) is 13.0. The Hall–Kier alpha value is -0.590. The molecule has 1 aliphatic rings. The van der Waals surface area contributed by atoms with Gasteiger partial charge in [-0.2, -0.15) is 5.26 Å². The third-order valence-corrected chi connectivity index (χ3v) is 4.71. The molecule has 20 heavy (non-hydrogen) atoms. The normalized spacial score (nSPS) is 27.2. The molecule has 1 saturated heterocycles. The molecule has 0 aromatic heterocycles. The summed E-state index contributed by atoms with van der Waals surface area (Å²) in [7, 11) is 0. The maximum Gasteiger partial charge on any atom is 0.106 e. The van der Waals surface area contributed by atoms with Gasteiger partial charge < -0.3 is 4.90 Å². The van der Waals surface area contributed by atoms with Crippen molar-refractivity contribution >= 4 is 0 Å². The average molecular weight is 279 g/mol. The fraction of sp³-hybridized carbons (Fsp3) is 0.941. The van der Waals surface area contributed by atoms with E-state index in [-0.39, 0.29) is 5.54 Å². The Bertz CT molecular complexity index is 321. The number of piperidine rings is 1. The zero-order valence-electron chi connectivity index (χ0n) is 14.1. The van der Waals surface area contributed by atoms with Crippen LogP contribution in [0.5, 0.6) is 0 Å². The SMILES string of the molecule is CCC(C#N)(CCCN1CCC(C)CC1C)NC(C)C. The standard InChI is InChI=1S/C17H33N3/c1-6-17(13-18,19-14(2)3)9-7-10-20-11-8-15(4)12-16(20)5/h14-16,19H,6-12H2,1-5H3. The summed E-state index contributed by atoms with van der Waals surface area (Å²) in [5.74, 6) is 0.873. The van der Waals surface area contributed by atoms with Crippen LogP contribution >= 0.6 is 0 Å². The van der Waals surface area contributed by atoms with Gasteiger partial charge in [0.2, 0.25) is 0 Å². The summed E-state index contributed by atoms with van der Waals surface area (Å²) in [6.45, 7) is 13.4. The molecule has 0 aromatic carbocycles. The van der Waals surface area contributed by atoms with Crippen molar-refractivity contribution < 1.29 is 0 Å². The van der Waals surface area contributed by atoms with E-state index in [0.717, 1.165) is 31.7 Å². The van der Waals surface area contributed by atoms with Gasteiger partial charge in [-0.15, -0.1) is 0 Å². The molecule has 0 saturated carbocycles. The van der Waals surface area contributed by atoms with E-state index in [0.29, 0.717) is 12.1 Å². The van der Waals surface area contributed by atoms with Gasteiger partial charge in [0.1, 0.15) is 5.54 Å². The third kappa shape index (κ3) is 5.07. The first-order valence-corrected chi connectivity index (χ1v) is 8.35. The first-order chi connectivity index (χ1) is 9.42. The topological polar surface area (TPSA) is 39.1 Å². The summed E-state index contributed by atoms with van der Waals surface area (Å²) >= 11 is 0. The number of nitrogens with one attached hydrogen (secondary N) is 1. The van der Waals surface area contributed by atoms with Gasteiger partial charge in [0, 0.05) is 12.1 Å². The molecule has 3 atom stereocenters. The monoisotopic (exact) mass is 279 g/mol. The predicted octanol–water partition coefficient (Wildman–Crippen LogP) is 3.56. The van der Waals surface area contributed by atoms with Crippen molar-refractivity contribution in [3.8, 4) is 6.07 Å². The highest BCUT2D eigenvalue weighted by Crippen LogP contribution is 2.24. The van der Waals surface area contributed by atoms with Gasteiger partial charge in [-0.3, -0.25) is 5.32 Å². The first-order valence-electron chi connectivity index (χ1n) is 8.35. The minimum Gasteiger partial charge on any atom is -0.301 e. The van der Waals surface area contributed by atoms with Crippen LogP contribution in [-0.2, 0) is 0 Å². The quantitative estimate of drug-likeness (QED) is 0.774. The van der Waals surface area contributed by atoms with Crippen molar-refractivity contribution in [2.45, 2.75) is 84.3 Å². The van der Waals surface area contributed by atoms with Crippen molar-refractivity contribution in [3.63, 3.8) is 0 Å². The minimum absolute atomic E-state index is 0.333. The summed E-state index contributed by atoms with van der Waals surface area (Å²) in [6, 6.07) is 3.59. The number of likely N-dealkylation sites (tertiary alicyclic amines) is 1. The van der Waals surface area contributed by atoms with Gasteiger partial charge in [-0.05, 0) is 71.9 Å². The number of rotatable bonds is 7. The lowest BCUT2D eigenvalue weighted by Crippen LogP contribution is -2.48.